The van der Waals surface area contributed by atoms with Gasteiger partial charge in [-0.05, 0) is 32.9 Å². The summed E-state index contributed by atoms with van der Waals surface area (Å²) in [7, 11) is 0. The molecule has 1 aliphatic rings. The van der Waals surface area contributed by atoms with Gasteiger partial charge in [-0.3, -0.25) is 4.90 Å². The van der Waals surface area contributed by atoms with Crippen LogP contribution in [0, 0.1) is 5.92 Å². The number of carbonyl (C=O) groups is 3. The number of carboxylic acid groups (broad SMARTS) is 1. The van der Waals surface area contributed by atoms with E-state index in [-0.39, 0.29) is 12.5 Å². The van der Waals surface area contributed by atoms with Crippen LogP contribution in [0.15, 0.2) is 30.3 Å². The number of hydrogen-bond acceptors (Lipinski definition) is 5. The minimum atomic E-state index is -1.28. The molecule has 1 N–H and O–H groups in total. The first-order chi connectivity index (χ1) is 11.6. The number of ether oxygens (including phenoxy) is 2. The fraction of sp³-hybridized carbons (Fsp3) is 0.500. The highest BCUT2D eigenvalue weighted by molar-refractivity contribution is 5.90. The smallest absolute Gasteiger partial charge is 0.411 e. The first kappa shape index (κ1) is 18.8. The van der Waals surface area contributed by atoms with Crippen molar-refractivity contribution in [2.45, 2.75) is 45.4 Å². The second-order valence-corrected chi connectivity index (χ2v) is 7.13. The molecule has 1 fully saturated rings. The van der Waals surface area contributed by atoms with Gasteiger partial charge >= 0.3 is 18.0 Å². The van der Waals surface area contributed by atoms with E-state index in [1.165, 1.54) is 0 Å². The fourth-order valence-electron chi connectivity index (χ4n) is 2.75. The highest BCUT2D eigenvalue weighted by Crippen LogP contribution is 2.29. The van der Waals surface area contributed by atoms with Crippen LogP contribution >= 0.6 is 0 Å². The summed E-state index contributed by atoms with van der Waals surface area (Å²) >= 11 is 0. The van der Waals surface area contributed by atoms with Gasteiger partial charge in [0.2, 0.25) is 0 Å². The van der Waals surface area contributed by atoms with Crippen LogP contribution in [0.25, 0.3) is 0 Å². The first-order valence-electron chi connectivity index (χ1n) is 8.08. The van der Waals surface area contributed by atoms with Gasteiger partial charge in [0.05, 0.1) is 5.56 Å². The van der Waals surface area contributed by atoms with Gasteiger partial charge in [0.25, 0.3) is 0 Å². The zero-order valence-electron chi connectivity index (χ0n) is 14.8. The van der Waals surface area contributed by atoms with E-state index in [0.29, 0.717) is 5.56 Å². The lowest BCUT2D eigenvalue weighted by molar-refractivity contribution is -0.145. The van der Waals surface area contributed by atoms with Crippen LogP contribution in [0.2, 0.25) is 0 Å². The summed E-state index contributed by atoms with van der Waals surface area (Å²) in [5, 5.41) is 9.56. The average Bonchev–Trinajstić information content (AvgIpc) is 2.84. The molecule has 0 radical (unpaired) electrons. The third kappa shape index (κ3) is 4.49. The van der Waals surface area contributed by atoms with Gasteiger partial charge in [0.1, 0.15) is 11.7 Å². The molecule has 1 saturated heterocycles. The van der Waals surface area contributed by atoms with Gasteiger partial charge in [0.15, 0.2) is 6.04 Å². The molecule has 7 nitrogen and oxygen atoms in total. The highest BCUT2D eigenvalue weighted by atomic mass is 16.6. The molecule has 136 valence electrons. The van der Waals surface area contributed by atoms with Crippen LogP contribution in [-0.4, -0.2) is 52.3 Å². The number of amides is 1. The maximum Gasteiger partial charge on any atom is 0.411 e. The van der Waals surface area contributed by atoms with Gasteiger partial charge in [-0.2, -0.15) is 0 Å². The minimum Gasteiger partial charge on any atom is -0.480 e. The third-order valence-electron chi connectivity index (χ3n) is 3.83. The van der Waals surface area contributed by atoms with Gasteiger partial charge in [-0.25, -0.2) is 14.4 Å². The van der Waals surface area contributed by atoms with Crippen molar-refractivity contribution in [2.75, 3.05) is 6.54 Å². The lowest BCUT2D eigenvalue weighted by Crippen LogP contribution is -2.48. The van der Waals surface area contributed by atoms with Crippen LogP contribution in [0.1, 0.15) is 38.1 Å². The number of aliphatic carboxylic acids is 1. The molecule has 1 aromatic rings. The number of carboxylic acids is 1. The zero-order valence-corrected chi connectivity index (χ0v) is 14.8. The first-order valence-corrected chi connectivity index (χ1v) is 8.08. The second-order valence-electron chi connectivity index (χ2n) is 7.13. The van der Waals surface area contributed by atoms with Crippen LogP contribution in [0.4, 0.5) is 4.79 Å². The normalized spacial score (nSPS) is 23.2. The minimum absolute atomic E-state index is 0.138. The Morgan fingerprint density at radius 1 is 1.16 bits per heavy atom. The molecule has 25 heavy (non-hydrogen) atoms. The van der Waals surface area contributed by atoms with Crippen molar-refractivity contribution in [2.24, 2.45) is 5.92 Å². The summed E-state index contributed by atoms with van der Waals surface area (Å²) in [5.74, 6) is -2.18. The molecule has 3 atom stereocenters. The maximum atomic E-state index is 12.3. The highest BCUT2D eigenvalue weighted by Gasteiger charge is 2.49. The zero-order chi connectivity index (χ0) is 18.8. The molecule has 1 amide bonds. The van der Waals surface area contributed by atoms with Crippen molar-refractivity contribution in [3.05, 3.63) is 35.9 Å². The number of benzene rings is 1. The van der Waals surface area contributed by atoms with E-state index in [1.54, 1.807) is 58.0 Å². The van der Waals surface area contributed by atoms with E-state index in [2.05, 4.69) is 0 Å². The molecule has 1 aliphatic heterocycles. The van der Waals surface area contributed by atoms with Crippen LogP contribution in [-0.2, 0) is 14.3 Å². The number of nitrogens with zero attached hydrogens (tertiary/aromatic N) is 1. The SMILES string of the molecule is C[C@H]1CN(C(=O)OC(C)(C)C)[C@H](C(=O)O)[C@H]1OC(=O)c1ccccc1. The maximum absolute atomic E-state index is 12.3. The van der Waals surface area contributed by atoms with Crippen molar-refractivity contribution in [1.29, 1.82) is 0 Å². The Morgan fingerprint density at radius 2 is 1.76 bits per heavy atom. The number of rotatable bonds is 3. The van der Waals surface area contributed by atoms with Crippen LogP contribution < -0.4 is 0 Å². The summed E-state index contributed by atoms with van der Waals surface area (Å²) in [4.78, 5) is 37.4. The standard InChI is InChI=1S/C18H23NO6/c1-11-10-19(17(23)25-18(2,3)4)13(15(20)21)14(11)24-16(22)12-8-6-5-7-9-12/h5-9,11,13-14H,10H2,1-4H3,(H,20,21)/t11-,13-,14-/m0/s1. The second kappa shape index (κ2) is 7.13. The summed E-state index contributed by atoms with van der Waals surface area (Å²) in [6.45, 7) is 6.98. The van der Waals surface area contributed by atoms with E-state index in [0.717, 1.165) is 4.90 Å². The lowest BCUT2D eigenvalue weighted by Gasteiger charge is -2.28. The van der Waals surface area contributed by atoms with Crippen molar-refractivity contribution in [1.82, 2.24) is 4.90 Å². The third-order valence-corrected chi connectivity index (χ3v) is 3.83. The number of hydrogen-bond donors (Lipinski definition) is 1. The molecule has 7 heteroatoms. The van der Waals surface area contributed by atoms with E-state index < -0.39 is 35.8 Å². The molecule has 2 rings (SSSR count). The van der Waals surface area contributed by atoms with Gasteiger partial charge in [-0.1, -0.05) is 25.1 Å². The summed E-state index contributed by atoms with van der Waals surface area (Å²) in [6.07, 6.45) is -1.68. The number of likely N-dealkylation sites (tertiary alicyclic amines) is 1. The van der Waals surface area contributed by atoms with Crippen molar-refractivity contribution < 1.29 is 29.0 Å². The molecular weight excluding hydrogens is 326 g/mol. The molecular formula is C18H23NO6. The van der Waals surface area contributed by atoms with E-state index in [1.807, 2.05) is 0 Å². The van der Waals surface area contributed by atoms with Gasteiger partial charge in [0, 0.05) is 12.5 Å². The monoisotopic (exact) mass is 349 g/mol. The molecule has 1 aromatic carbocycles. The fourth-order valence-corrected chi connectivity index (χ4v) is 2.75. The lowest BCUT2D eigenvalue weighted by atomic mass is 10.0. The summed E-state index contributed by atoms with van der Waals surface area (Å²) < 4.78 is 10.7. The Morgan fingerprint density at radius 3 is 2.28 bits per heavy atom. The molecule has 1 heterocycles. The Hall–Kier alpha value is -2.57. The Labute approximate surface area is 146 Å². The molecule has 0 saturated carbocycles. The van der Waals surface area contributed by atoms with Crippen molar-refractivity contribution >= 4 is 18.0 Å². The summed E-state index contributed by atoms with van der Waals surface area (Å²) in [6, 6.07) is 7.04. The predicted molar refractivity (Wildman–Crippen MR) is 89.2 cm³/mol. The van der Waals surface area contributed by atoms with E-state index in [9.17, 15) is 19.5 Å². The Kier molecular flexibility index (Phi) is 5.35. The number of carbonyl (C=O) groups excluding carboxylic acids is 2. The largest absolute Gasteiger partial charge is 0.480 e. The van der Waals surface area contributed by atoms with E-state index in [4.69, 9.17) is 9.47 Å². The number of esters is 1. The van der Waals surface area contributed by atoms with Crippen LogP contribution in [0.3, 0.4) is 0 Å². The quantitative estimate of drug-likeness (QED) is 0.843. The Bertz CT molecular complexity index is 651. The molecule has 0 spiro atoms. The van der Waals surface area contributed by atoms with Gasteiger partial charge < -0.3 is 14.6 Å². The average molecular weight is 349 g/mol. The summed E-state index contributed by atoms with van der Waals surface area (Å²) in [5.41, 5.74) is -0.420. The topological polar surface area (TPSA) is 93.1 Å². The molecule has 0 bridgehead atoms. The molecule has 0 aliphatic carbocycles. The van der Waals surface area contributed by atoms with Crippen molar-refractivity contribution in [3.8, 4) is 0 Å². The van der Waals surface area contributed by atoms with Crippen molar-refractivity contribution in [3.63, 3.8) is 0 Å². The Balaban J connectivity index is 2.19. The molecule has 0 unspecified atom stereocenters. The molecule has 0 aromatic heterocycles. The predicted octanol–water partition coefficient (Wildman–Crippen LogP) is 2.55. The van der Waals surface area contributed by atoms with E-state index >= 15 is 0 Å². The van der Waals surface area contributed by atoms with Gasteiger partial charge in [-0.15, -0.1) is 0 Å². The van der Waals surface area contributed by atoms with Crippen LogP contribution in [0.5, 0.6) is 0 Å².